The molecule has 158 valence electrons. The van der Waals surface area contributed by atoms with Crippen LogP contribution in [0.3, 0.4) is 0 Å². The number of hydrogen-bond acceptors (Lipinski definition) is 4. The van der Waals surface area contributed by atoms with Crippen molar-refractivity contribution in [1.82, 2.24) is 24.9 Å². The van der Waals surface area contributed by atoms with Gasteiger partial charge in [0.05, 0.1) is 11.7 Å². The average Bonchev–Trinajstić information content (AvgIpc) is 3.55. The van der Waals surface area contributed by atoms with Gasteiger partial charge in [0.25, 0.3) is 5.91 Å². The highest BCUT2D eigenvalue weighted by Gasteiger charge is 2.16. The number of amides is 1. The van der Waals surface area contributed by atoms with E-state index in [9.17, 15) is 4.79 Å². The minimum Gasteiger partial charge on any atom is -0.321 e. The summed E-state index contributed by atoms with van der Waals surface area (Å²) in [4.78, 5) is 15.4. The molecule has 2 aromatic carbocycles. The number of aryl methyl sites for hydroxylation is 1. The van der Waals surface area contributed by atoms with Crippen molar-refractivity contribution in [2.24, 2.45) is 0 Å². The van der Waals surface area contributed by atoms with Crippen LogP contribution in [0.2, 0.25) is 0 Å². The van der Waals surface area contributed by atoms with Crippen molar-refractivity contribution < 1.29 is 4.79 Å². The van der Waals surface area contributed by atoms with Gasteiger partial charge in [0, 0.05) is 35.9 Å². The summed E-state index contributed by atoms with van der Waals surface area (Å²) in [6.45, 7) is 6.18. The van der Waals surface area contributed by atoms with Crippen LogP contribution in [0.4, 0.5) is 5.69 Å². The maximum atomic E-state index is 12.9. The smallest absolute Gasteiger partial charge is 0.276 e. The highest BCUT2D eigenvalue weighted by molar-refractivity contribution is 6.11. The number of H-pyrrole nitrogens is 1. The Hall–Kier alpha value is -3.45. The Bertz CT molecular complexity index is 1200. The first-order valence-electron chi connectivity index (χ1n) is 10.8. The molecule has 0 unspecified atom stereocenters. The zero-order valence-corrected chi connectivity index (χ0v) is 17.6. The number of carbonyl (C=O) groups excluding carboxylic acids is 1. The summed E-state index contributed by atoms with van der Waals surface area (Å²) in [5.41, 5.74) is 5.28. The van der Waals surface area contributed by atoms with Crippen LogP contribution in [0.5, 0.6) is 0 Å². The molecule has 0 radical (unpaired) electrons. The molecule has 1 saturated heterocycles. The molecule has 2 N–H and O–H groups in total. The van der Waals surface area contributed by atoms with E-state index in [0.29, 0.717) is 5.69 Å². The van der Waals surface area contributed by atoms with Gasteiger partial charge in [-0.1, -0.05) is 18.2 Å². The number of hydrogen-bond donors (Lipinski definition) is 2. The van der Waals surface area contributed by atoms with Gasteiger partial charge in [-0.05, 0) is 68.2 Å². The normalized spacial score (nSPS) is 14.4. The fraction of sp³-hybridized carbons (Fsp3) is 0.292. The summed E-state index contributed by atoms with van der Waals surface area (Å²) in [5, 5.41) is 15.3. The predicted octanol–water partition coefficient (Wildman–Crippen LogP) is 4.29. The van der Waals surface area contributed by atoms with Crippen molar-refractivity contribution >= 4 is 22.5 Å². The van der Waals surface area contributed by atoms with E-state index in [-0.39, 0.29) is 5.91 Å². The molecule has 7 nitrogen and oxygen atoms in total. The van der Waals surface area contributed by atoms with Crippen LogP contribution in [-0.4, -0.2) is 43.9 Å². The molecule has 1 aliphatic heterocycles. The Kier molecular flexibility index (Phi) is 5.26. The molecule has 1 amide bonds. The molecule has 0 spiro atoms. The number of aromatic amines is 1. The maximum absolute atomic E-state index is 12.9. The predicted molar refractivity (Wildman–Crippen MR) is 122 cm³/mol. The van der Waals surface area contributed by atoms with Crippen LogP contribution in [0.15, 0.2) is 54.9 Å². The zero-order valence-electron chi connectivity index (χ0n) is 17.6. The van der Waals surface area contributed by atoms with Crippen molar-refractivity contribution in [3.8, 4) is 11.1 Å². The third kappa shape index (κ3) is 4.09. The molecule has 1 aliphatic rings. The minimum absolute atomic E-state index is 0.222. The number of rotatable bonds is 6. The lowest BCUT2D eigenvalue weighted by Gasteiger charge is -2.14. The molecule has 0 bridgehead atoms. The lowest BCUT2D eigenvalue weighted by molar-refractivity contribution is 0.102. The molecule has 0 aliphatic carbocycles. The Morgan fingerprint density at radius 1 is 1.10 bits per heavy atom. The van der Waals surface area contributed by atoms with Crippen LogP contribution in [0.25, 0.3) is 22.0 Å². The highest BCUT2D eigenvalue weighted by atomic mass is 16.1. The number of likely N-dealkylation sites (tertiary alicyclic amines) is 1. The standard InChI is InChI=1S/C24H26N6O/c1-2-30-16-19(14-25-30)18-7-10-22-21(13-18)23(28-27-22)24(31)26-20-8-5-17(6-9-20)15-29-11-3-4-12-29/h5-10,13-14,16H,2-4,11-12,15H2,1H3,(H,26,31)(H,27,28). The number of fused-ring (bicyclic) bond motifs is 1. The van der Waals surface area contributed by atoms with Gasteiger partial charge in [-0.3, -0.25) is 19.5 Å². The van der Waals surface area contributed by atoms with Crippen LogP contribution < -0.4 is 5.32 Å². The van der Waals surface area contributed by atoms with Gasteiger partial charge in [0.2, 0.25) is 0 Å². The lowest BCUT2D eigenvalue weighted by Crippen LogP contribution is -2.18. The first-order chi connectivity index (χ1) is 15.2. The first-order valence-corrected chi connectivity index (χ1v) is 10.8. The SMILES string of the molecule is CCn1cc(-c2ccc3[nH]nc(C(=O)Nc4ccc(CN5CCCC5)cc4)c3c2)cn1. The largest absolute Gasteiger partial charge is 0.321 e. The van der Waals surface area contributed by atoms with Gasteiger partial charge < -0.3 is 5.32 Å². The third-order valence-electron chi connectivity index (χ3n) is 5.89. The van der Waals surface area contributed by atoms with E-state index < -0.39 is 0 Å². The van der Waals surface area contributed by atoms with Gasteiger partial charge in [0.1, 0.15) is 0 Å². The molecule has 31 heavy (non-hydrogen) atoms. The highest BCUT2D eigenvalue weighted by Crippen LogP contribution is 2.26. The quantitative estimate of drug-likeness (QED) is 0.493. The molecular formula is C24H26N6O. The second-order valence-corrected chi connectivity index (χ2v) is 8.05. The number of aromatic nitrogens is 4. The van der Waals surface area contributed by atoms with Gasteiger partial charge in [0.15, 0.2) is 5.69 Å². The van der Waals surface area contributed by atoms with Crippen molar-refractivity contribution in [1.29, 1.82) is 0 Å². The van der Waals surface area contributed by atoms with E-state index in [4.69, 9.17) is 0 Å². The summed E-state index contributed by atoms with van der Waals surface area (Å²) in [6, 6.07) is 14.0. The van der Waals surface area contributed by atoms with Gasteiger partial charge >= 0.3 is 0 Å². The molecule has 5 rings (SSSR count). The van der Waals surface area contributed by atoms with E-state index in [1.807, 2.05) is 47.4 Å². The first kappa shape index (κ1) is 19.5. The van der Waals surface area contributed by atoms with Crippen LogP contribution >= 0.6 is 0 Å². The molecule has 0 saturated carbocycles. The Labute approximate surface area is 181 Å². The van der Waals surface area contributed by atoms with Gasteiger partial charge in [-0.15, -0.1) is 0 Å². The van der Waals surface area contributed by atoms with E-state index in [1.54, 1.807) is 0 Å². The summed E-state index contributed by atoms with van der Waals surface area (Å²) < 4.78 is 1.88. The Morgan fingerprint density at radius 2 is 1.90 bits per heavy atom. The van der Waals surface area contributed by atoms with Gasteiger partial charge in [-0.25, -0.2) is 0 Å². The second kappa shape index (κ2) is 8.35. The molecule has 1 fully saturated rings. The van der Waals surface area contributed by atoms with E-state index in [0.717, 1.165) is 40.8 Å². The number of nitrogens with zero attached hydrogens (tertiary/aromatic N) is 4. The van der Waals surface area contributed by atoms with E-state index in [1.165, 1.54) is 31.5 Å². The van der Waals surface area contributed by atoms with Crippen molar-refractivity contribution in [3.63, 3.8) is 0 Å². The van der Waals surface area contributed by atoms with Crippen LogP contribution in [-0.2, 0) is 13.1 Å². The summed E-state index contributed by atoms with van der Waals surface area (Å²) in [7, 11) is 0. The van der Waals surface area contributed by atoms with E-state index in [2.05, 4.69) is 44.6 Å². The Morgan fingerprint density at radius 3 is 2.65 bits per heavy atom. The minimum atomic E-state index is -0.222. The fourth-order valence-electron chi connectivity index (χ4n) is 4.13. The lowest BCUT2D eigenvalue weighted by atomic mass is 10.1. The van der Waals surface area contributed by atoms with E-state index >= 15 is 0 Å². The molecule has 4 aromatic rings. The average molecular weight is 415 g/mol. The molecule has 3 heterocycles. The second-order valence-electron chi connectivity index (χ2n) is 8.05. The summed E-state index contributed by atoms with van der Waals surface area (Å²) in [6.07, 6.45) is 6.42. The molecule has 7 heteroatoms. The van der Waals surface area contributed by atoms with Crippen molar-refractivity contribution in [2.45, 2.75) is 32.9 Å². The molecular weight excluding hydrogens is 388 g/mol. The topological polar surface area (TPSA) is 78.8 Å². The number of carbonyl (C=O) groups is 1. The van der Waals surface area contributed by atoms with Crippen LogP contribution in [0, 0.1) is 0 Å². The monoisotopic (exact) mass is 414 g/mol. The molecule has 2 aromatic heterocycles. The molecule has 0 atom stereocenters. The van der Waals surface area contributed by atoms with Crippen LogP contribution in [0.1, 0.15) is 35.8 Å². The summed E-state index contributed by atoms with van der Waals surface area (Å²) in [5.74, 6) is -0.222. The fourth-order valence-corrected chi connectivity index (χ4v) is 4.13. The summed E-state index contributed by atoms with van der Waals surface area (Å²) >= 11 is 0. The number of benzene rings is 2. The Balaban J connectivity index is 1.33. The van der Waals surface area contributed by atoms with Gasteiger partial charge in [-0.2, -0.15) is 10.2 Å². The number of anilines is 1. The number of nitrogens with one attached hydrogen (secondary N) is 2. The van der Waals surface area contributed by atoms with Crippen molar-refractivity contribution in [2.75, 3.05) is 18.4 Å². The zero-order chi connectivity index (χ0) is 21.2. The van der Waals surface area contributed by atoms with Crippen molar-refractivity contribution in [3.05, 3.63) is 66.1 Å². The maximum Gasteiger partial charge on any atom is 0.276 e. The third-order valence-corrected chi connectivity index (χ3v) is 5.89.